The fraction of sp³-hybridized carbons (Fsp3) is 0.432. The van der Waals surface area contributed by atoms with Crippen LogP contribution in [0.15, 0.2) is 48.5 Å². The molecule has 4 aromatic rings. The minimum absolute atomic E-state index is 0.0363. The van der Waals surface area contributed by atoms with Crippen molar-refractivity contribution in [2.45, 2.75) is 76.7 Å². The smallest absolute Gasteiger partial charge is 0.262 e. The minimum Gasteiger partial charge on any atom is -0.370 e. The van der Waals surface area contributed by atoms with Crippen molar-refractivity contribution >= 4 is 46.1 Å². The van der Waals surface area contributed by atoms with E-state index in [1.807, 2.05) is 36.1 Å². The molecule has 1 aromatic heterocycles. The van der Waals surface area contributed by atoms with Gasteiger partial charge in [-0.3, -0.25) is 44.0 Å². The third-order valence-electron chi connectivity index (χ3n) is 13.7. The molecule has 312 valence electrons. The van der Waals surface area contributed by atoms with Crippen LogP contribution in [0.3, 0.4) is 0 Å². The minimum atomic E-state index is -2.68. The lowest BCUT2D eigenvalue weighted by Crippen LogP contribution is -2.61. The average Bonchev–Trinajstić information content (AvgIpc) is 3.86. The molecular weight excluding hydrogens is 783 g/mol. The first-order valence-electron chi connectivity index (χ1n) is 20.5. The molecule has 6 aliphatic heterocycles. The molecule has 16 heteroatoms. The summed E-state index contributed by atoms with van der Waals surface area (Å²) in [6, 6.07) is 11.0. The van der Waals surface area contributed by atoms with Crippen molar-refractivity contribution in [1.82, 2.24) is 29.9 Å². The monoisotopic (exact) mass is 825 g/mol. The number of hydrogen-bond donors (Lipinski definition) is 2. The molecule has 10 rings (SSSR count). The van der Waals surface area contributed by atoms with Crippen LogP contribution in [0.25, 0.3) is 10.9 Å². The Bertz CT molecular complexity index is 2440. The van der Waals surface area contributed by atoms with E-state index in [0.717, 1.165) is 45.3 Å². The number of nitrogens with one attached hydrogen (secondary N) is 2. The largest absolute Gasteiger partial charge is 0.370 e. The number of H-pyrrole nitrogens is 1. The van der Waals surface area contributed by atoms with E-state index in [4.69, 9.17) is 0 Å². The van der Waals surface area contributed by atoms with Crippen molar-refractivity contribution in [3.63, 3.8) is 0 Å². The number of hydrogen-bond acceptors (Lipinski definition) is 8. The number of likely N-dealkylation sites (tertiary alicyclic amines) is 1. The van der Waals surface area contributed by atoms with Crippen molar-refractivity contribution in [2.75, 3.05) is 44.2 Å². The summed E-state index contributed by atoms with van der Waals surface area (Å²) in [5.74, 6) is -3.90. The summed E-state index contributed by atoms with van der Waals surface area (Å²) in [5, 5.41) is 3.12. The molecule has 5 amide bonds. The predicted octanol–water partition coefficient (Wildman–Crippen LogP) is 4.89. The van der Waals surface area contributed by atoms with Gasteiger partial charge in [-0.25, -0.2) is 17.6 Å². The second-order valence-corrected chi connectivity index (χ2v) is 17.4. The van der Waals surface area contributed by atoms with Gasteiger partial charge in [-0.05, 0) is 92.7 Å². The van der Waals surface area contributed by atoms with Gasteiger partial charge >= 0.3 is 0 Å². The van der Waals surface area contributed by atoms with Crippen LogP contribution in [0.2, 0.25) is 0 Å². The molecule has 2 N–H and O–H groups in total. The molecule has 3 aromatic carbocycles. The first-order chi connectivity index (χ1) is 28.8. The number of fused-ring (bicyclic) bond motifs is 5. The zero-order chi connectivity index (χ0) is 41.8. The van der Waals surface area contributed by atoms with Gasteiger partial charge in [0.05, 0.1) is 30.3 Å². The number of imide groups is 2. The summed E-state index contributed by atoms with van der Waals surface area (Å²) >= 11 is 0. The van der Waals surface area contributed by atoms with Crippen molar-refractivity contribution < 1.29 is 41.5 Å². The van der Waals surface area contributed by atoms with E-state index in [0.29, 0.717) is 44.0 Å². The molecular formula is C44H43F4N7O5. The molecule has 6 aliphatic rings. The molecule has 1 spiro atoms. The van der Waals surface area contributed by atoms with Gasteiger partial charge in [0.25, 0.3) is 18.2 Å². The van der Waals surface area contributed by atoms with Gasteiger partial charge in [0.2, 0.25) is 17.7 Å². The SMILES string of the molecule is C[C@@H]1Cc2c([nH]c3ccccc23)[C@@H](c2c(F)cc(N3CC4(CCN(CC(=O)N5Cc6cc7c(cc6C5)C(=O)N(C5CCC(=O)NC5=O)C7=O)CC4)C3)cc2F)N1CC(F)F. The lowest BCUT2D eigenvalue weighted by Gasteiger charge is -2.55. The van der Waals surface area contributed by atoms with Crippen LogP contribution in [-0.4, -0.2) is 112 Å². The maximum atomic E-state index is 16.2. The quantitative estimate of drug-likeness (QED) is 0.199. The highest BCUT2D eigenvalue weighted by Crippen LogP contribution is 2.46. The van der Waals surface area contributed by atoms with Crippen molar-refractivity contribution in [3.05, 3.63) is 99.2 Å². The molecule has 60 heavy (non-hydrogen) atoms. The molecule has 0 bridgehead atoms. The Labute approximate surface area is 342 Å². The summed E-state index contributed by atoms with van der Waals surface area (Å²) in [4.78, 5) is 75.7. The van der Waals surface area contributed by atoms with Gasteiger partial charge in [0.15, 0.2) is 0 Å². The first-order valence-corrected chi connectivity index (χ1v) is 20.5. The van der Waals surface area contributed by atoms with Crippen LogP contribution < -0.4 is 10.2 Å². The number of rotatable bonds is 7. The molecule has 3 fully saturated rings. The van der Waals surface area contributed by atoms with Crippen LogP contribution in [0.1, 0.15) is 87.3 Å². The second kappa shape index (κ2) is 14.3. The standard InChI is InChI=1S/C44H43F4N7O5/c1-23-12-28-27-4-2-3-5-33(27)49-39(28)40(54(23)19-35(47)48)38-31(45)15-26(16-32(38)46)53-21-44(22-53)8-10-51(11-9-44)20-37(57)52-17-24-13-29-30(14-25(24)18-52)43(60)55(42(29)59)34-6-7-36(56)50-41(34)58/h2-5,13-16,23,34-35,40,49H,6-12,17-22H2,1H3,(H,50,56,58)/t23-,34?,40-/m1/s1. The molecule has 0 saturated carbocycles. The Morgan fingerprint density at radius 3 is 2.20 bits per heavy atom. The molecule has 1 unspecified atom stereocenters. The maximum Gasteiger partial charge on any atom is 0.262 e. The van der Waals surface area contributed by atoms with Crippen molar-refractivity contribution in [2.24, 2.45) is 5.41 Å². The summed E-state index contributed by atoms with van der Waals surface area (Å²) in [6.45, 7) is 4.50. The summed E-state index contributed by atoms with van der Waals surface area (Å²) in [6.07, 6.45) is -0.505. The molecule has 7 heterocycles. The topological polar surface area (TPSA) is 129 Å². The normalized spacial score (nSPS) is 24.0. The van der Waals surface area contributed by atoms with E-state index in [2.05, 4.69) is 15.2 Å². The van der Waals surface area contributed by atoms with Gasteiger partial charge in [-0.15, -0.1) is 0 Å². The van der Waals surface area contributed by atoms with E-state index in [1.54, 1.807) is 17.0 Å². The molecule has 0 aliphatic carbocycles. The van der Waals surface area contributed by atoms with Gasteiger partial charge in [-0.2, -0.15) is 0 Å². The Morgan fingerprint density at radius 1 is 0.917 bits per heavy atom. The number of piperidine rings is 2. The predicted molar refractivity (Wildman–Crippen MR) is 210 cm³/mol. The lowest BCUT2D eigenvalue weighted by molar-refractivity contribution is -0.136. The summed E-state index contributed by atoms with van der Waals surface area (Å²) < 4.78 is 60.3. The Balaban J connectivity index is 0.766. The lowest BCUT2D eigenvalue weighted by atomic mass is 9.71. The summed E-state index contributed by atoms with van der Waals surface area (Å²) in [5.41, 5.74) is 4.23. The Morgan fingerprint density at radius 2 is 1.57 bits per heavy atom. The van der Waals surface area contributed by atoms with E-state index >= 15 is 8.78 Å². The van der Waals surface area contributed by atoms with Gasteiger partial charge in [-0.1, -0.05) is 18.2 Å². The number of anilines is 1. The maximum absolute atomic E-state index is 16.2. The van der Waals surface area contributed by atoms with Gasteiger partial charge in [0, 0.05) is 71.9 Å². The van der Waals surface area contributed by atoms with Crippen molar-refractivity contribution in [1.29, 1.82) is 0 Å². The molecule has 3 atom stereocenters. The highest BCUT2D eigenvalue weighted by atomic mass is 19.3. The fourth-order valence-electron chi connectivity index (χ4n) is 10.6. The molecule has 12 nitrogen and oxygen atoms in total. The average molecular weight is 826 g/mol. The molecule has 0 radical (unpaired) electrons. The fourth-order valence-corrected chi connectivity index (χ4v) is 10.6. The van der Waals surface area contributed by atoms with Gasteiger partial charge < -0.3 is 14.8 Å². The van der Waals surface area contributed by atoms with E-state index in [1.165, 1.54) is 17.0 Å². The first kappa shape index (κ1) is 38.6. The summed E-state index contributed by atoms with van der Waals surface area (Å²) in [7, 11) is 0. The Kier molecular flexibility index (Phi) is 9.17. The number of benzene rings is 3. The number of carbonyl (C=O) groups excluding carboxylic acids is 5. The van der Waals surface area contributed by atoms with Crippen LogP contribution in [0.4, 0.5) is 23.2 Å². The van der Waals surface area contributed by atoms with Crippen molar-refractivity contribution in [3.8, 4) is 0 Å². The number of amides is 5. The van der Waals surface area contributed by atoms with Crippen LogP contribution >= 0.6 is 0 Å². The highest BCUT2D eigenvalue weighted by Gasteiger charge is 2.48. The van der Waals surface area contributed by atoms with Crippen LogP contribution in [-0.2, 0) is 33.9 Å². The number of aromatic nitrogens is 1. The zero-order valence-corrected chi connectivity index (χ0v) is 32.9. The number of alkyl halides is 2. The number of aromatic amines is 1. The van der Waals surface area contributed by atoms with E-state index in [-0.39, 0.29) is 66.5 Å². The zero-order valence-electron chi connectivity index (χ0n) is 32.9. The third kappa shape index (κ3) is 6.28. The Hall–Kier alpha value is -5.61. The highest BCUT2D eigenvalue weighted by molar-refractivity contribution is 6.23. The number of nitrogens with zero attached hydrogens (tertiary/aromatic N) is 5. The number of para-hydroxylation sites is 1. The number of halogens is 4. The molecule has 3 saturated heterocycles. The number of carbonyl (C=O) groups is 5. The van der Waals surface area contributed by atoms with Crippen LogP contribution in [0.5, 0.6) is 0 Å². The van der Waals surface area contributed by atoms with Gasteiger partial charge in [0.1, 0.15) is 17.7 Å². The van der Waals surface area contributed by atoms with E-state index < -0.39 is 60.3 Å². The van der Waals surface area contributed by atoms with E-state index in [9.17, 15) is 32.8 Å². The third-order valence-corrected chi connectivity index (χ3v) is 13.7. The van der Waals surface area contributed by atoms with Crippen LogP contribution in [0, 0.1) is 17.0 Å². The second-order valence-electron chi connectivity index (χ2n) is 17.4.